The van der Waals surface area contributed by atoms with E-state index in [1.54, 1.807) is 0 Å². The van der Waals surface area contributed by atoms with E-state index in [1.165, 1.54) is 11.8 Å². The fraction of sp³-hybridized carbons (Fsp3) is 0.391. The van der Waals surface area contributed by atoms with E-state index < -0.39 is 5.25 Å². The van der Waals surface area contributed by atoms with Gasteiger partial charge < -0.3 is 24.8 Å². The molecule has 0 aromatic heterocycles. The topological polar surface area (TPSA) is 85.9 Å². The van der Waals surface area contributed by atoms with Crippen LogP contribution in [0.1, 0.15) is 24.8 Å². The number of thioether (sulfide) groups is 1. The quantitative estimate of drug-likeness (QED) is 0.743. The Morgan fingerprint density at radius 2 is 1.94 bits per heavy atom. The Hall–Kier alpha value is -2.71. The highest BCUT2D eigenvalue weighted by Crippen LogP contribution is 2.41. The van der Waals surface area contributed by atoms with Crippen LogP contribution in [-0.4, -0.2) is 43.6 Å². The van der Waals surface area contributed by atoms with Crippen molar-refractivity contribution in [2.24, 2.45) is 0 Å². The number of anilines is 1. The Bertz CT molecular complexity index is 1010. The van der Waals surface area contributed by atoms with E-state index in [9.17, 15) is 9.59 Å². The first-order valence-corrected chi connectivity index (χ1v) is 11.3. The summed E-state index contributed by atoms with van der Waals surface area (Å²) >= 11 is 1.44. The maximum Gasteiger partial charge on any atom is 0.238 e. The highest BCUT2D eigenvalue weighted by Gasteiger charge is 2.37. The number of fused-ring (bicyclic) bond motifs is 2. The number of hydrogen-bond acceptors (Lipinski definition) is 6. The van der Waals surface area contributed by atoms with E-state index in [2.05, 4.69) is 10.6 Å². The smallest absolute Gasteiger partial charge is 0.238 e. The van der Waals surface area contributed by atoms with Gasteiger partial charge in [0, 0.05) is 36.5 Å². The van der Waals surface area contributed by atoms with Crippen LogP contribution in [0.2, 0.25) is 0 Å². The van der Waals surface area contributed by atoms with Gasteiger partial charge in [0.2, 0.25) is 18.6 Å². The average molecular weight is 441 g/mol. The second-order valence-electron chi connectivity index (χ2n) is 8.03. The van der Waals surface area contributed by atoms with Gasteiger partial charge in [0.15, 0.2) is 11.5 Å². The van der Waals surface area contributed by atoms with E-state index in [4.69, 9.17) is 14.2 Å². The molecule has 0 radical (unpaired) electrons. The van der Waals surface area contributed by atoms with Crippen LogP contribution >= 0.6 is 11.8 Å². The Morgan fingerprint density at radius 1 is 1.13 bits per heavy atom. The molecule has 2 N–H and O–H groups in total. The van der Waals surface area contributed by atoms with Crippen molar-refractivity contribution in [2.75, 3.05) is 31.9 Å². The number of carbonyl (C=O) groups is 2. The van der Waals surface area contributed by atoms with Crippen LogP contribution in [0.15, 0.2) is 47.4 Å². The highest BCUT2D eigenvalue weighted by atomic mass is 32.2. The molecule has 31 heavy (non-hydrogen) atoms. The Balaban J connectivity index is 1.27. The standard InChI is InChI=1S/C23H24N2O5S/c26-21(12-20-22(27)25-16-3-1-2-4-19(16)31-20)24-13-23(7-9-28-10-8-23)15-5-6-17-18(11-15)30-14-29-17/h1-6,11,20H,7-10,12-14H2,(H,24,26)(H,25,27). The zero-order valence-electron chi connectivity index (χ0n) is 17.0. The zero-order chi connectivity index (χ0) is 21.3. The minimum absolute atomic E-state index is 0.126. The lowest BCUT2D eigenvalue weighted by Crippen LogP contribution is -2.45. The molecule has 162 valence electrons. The normalized spacial score (nSPS) is 21.2. The van der Waals surface area contributed by atoms with Crippen LogP contribution in [0, 0.1) is 0 Å². The van der Waals surface area contributed by atoms with Crippen LogP contribution in [0.3, 0.4) is 0 Å². The van der Waals surface area contributed by atoms with Crippen LogP contribution < -0.4 is 20.1 Å². The first-order valence-electron chi connectivity index (χ1n) is 10.4. The summed E-state index contributed by atoms with van der Waals surface area (Å²) < 4.78 is 16.6. The van der Waals surface area contributed by atoms with Crippen molar-refractivity contribution in [1.82, 2.24) is 5.32 Å². The molecule has 3 heterocycles. The van der Waals surface area contributed by atoms with Gasteiger partial charge in [0.1, 0.15) is 0 Å². The molecule has 3 aliphatic heterocycles. The number of nitrogens with one attached hydrogen (secondary N) is 2. The van der Waals surface area contributed by atoms with Gasteiger partial charge in [0.25, 0.3) is 0 Å². The Labute approximate surface area is 184 Å². The van der Waals surface area contributed by atoms with Crippen LogP contribution in [-0.2, 0) is 19.7 Å². The summed E-state index contributed by atoms with van der Waals surface area (Å²) in [6, 6.07) is 13.6. The highest BCUT2D eigenvalue weighted by molar-refractivity contribution is 8.01. The lowest BCUT2D eigenvalue weighted by atomic mass is 9.74. The fourth-order valence-electron chi connectivity index (χ4n) is 4.29. The van der Waals surface area contributed by atoms with Crippen molar-refractivity contribution in [2.45, 2.75) is 34.8 Å². The van der Waals surface area contributed by atoms with Gasteiger partial charge in [-0.25, -0.2) is 0 Å². The molecular weight excluding hydrogens is 416 g/mol. The molecule has 1 atom stereocenters. The summed E-state index contributed by atoms with van der Waals surface area (Å²) in [6.45, 7) is 2.00. The average Bonchev–Trinajstić information content (AvgIpc) is 3.27. The lowest BCUT2D eigenvalue weighted by molar-refractivity contribution is -0.124. The van der Waals surface area contributed by atoms with Gasteiger partial charge >= 0.3 is 0 Å². The summed E-state index contributed by atoms with van der Waals surface area (Å²) in [5.41, 5.74) is 1.68. The van der Waals surface area contributed by atoms with Crippen molar-refractivity contribution < 1.29 is 23.8 Å². The molecule has 0 aliphatic carbocycles. The van der Waals surface area contributed by atoms with E-state index in [0.29, 0.717) is 19.8 Å². The fourth-order valence-corrected chi connectivity index (χ4v) is 5.40. The van der Waals surface area contributed by atoms with Gasteiger partial charge in [-0.1, -0.05) is 18.2 Å². The summed E-state index contributed by atoms with van der Waals surface area (Å²) in [5.74, 6) is 1.23. The molecule has 3 aliphatic rings. The molecule has 0 saturated carbocycles. The summed E-state index contributed by atoms with van der Waals surface area (Å²) in [6.07, 6.45) is 1.75. The molecule has 8 heteroatoms. The van der Waals surface area contributed by atoms with Gasteiger partial charge in [-0.3, -0.25) is 9.59 Å². The van der Waals surface area contributed by atoms with Crippen molar-refractivity contribution in [3.05, 3.63) is 48.0 Å². The van der Waals surface area contributed by atoms with E-state index in [1.807, 2.05) is 42.5 Å². The summed E-state index contributed by atoms with van der Waals surface area (Å²) in [7, 11) is 0. The van der Waals surface area contributed by atoms with Crippen molar-refractivity contribution in [1.29, 1.82) is 0 Å². The largest absolute Gasteiger partial charge is 0.454 e. The third kappa shape index (κ3) is 4.09. The molecule has 0 spiro atoms. The molecule has 7 nitrogen and oxygen atoms in total. The SMILES string of the molecule is O=C(CC1Sc2ccccc2NC1=O)NCC1(c2ccc3c(c2)OCO3)CCOCC1. The third-order valence-electron chi connectivity index (χ3n) is 6.14. The van der Waals surface area contributed by atoms with Crippen LogP contribution in [0.5, 0.6) is 11.5 Å². The molecule has 5 rings (SSSR count). The maximum atomic E-state index is 12.8. The van der Waals surface area contributed by atoms with Gasteiger partial charge in [0.05, 0.1) is 10.9 Å². The molecule has 2 amide bonds. The predicted molar refractivity (Wildman–Crippen MR) is 117 cm³/mol. The molecule has 2 aromatic carbocycles. The molecule has 0 bridgehead atoms. The van der Waals surface area contributed by atoms with E-state index >= 15 is 0 Å². The van der Waals surface area contributed by atoms with E-state index in [-0.39, 0.29) is 30.4 Å². The first kappa shape index (κ1) is 20.2. The number of ether oxygens (including phenoxy) is 3. The maximum absolute atomic E-state index is 12.8. The monoisotopic (exact) mass is 440 g/mol. The number of rotatable bonds is 5. The number of carbonyl (C=O) groups excluding carboxylic acids is 2. The minimum Gasteiger partial charge on any atom is -0.454 e. The number of para-hydroxylation sites is 1. The summed E-state index contributed by atoms with van der Waals surface area (Å²) in [4.78, 5) is 26.2. The molecule has 1 saturated heterocycles. The van der Waals surface area contributed by atoms with E-state index in [0.717, 1.165) is 40.5 Å². The predicted octanol–water partition coefficient (Wildman–Crippen LogP) is 3.08. The molecule has 1 fully saturated rings. The van der Waals surface area contributed by atoms with Crippen LogP contribution in [0.4, 0.5) is 5.69 Å². The van der Waals surface area contributed by atoms with Crippen molar-refractivity contribution in [3.63, 3.8) is 0 Å². The molecular formula is C23H24N2O5S. The Kier molecular flexibility index (Phi) is 5.50. The number of hydrogen-bond donors (Lipinski definition) is 2. The number of amides is 2. The van der Waals surface area contributed by atoms with Gasteiger partial charge in [-0.05, 0) is 42.7 Å². The zero-order valence-corrected chi connectivity index (χ0v) is 17.8. The van der Waals surface area contributed by atoms with Crippen LogP contribution in [0.25, 0.3) is 0 Å². The second kappa shape index (κ2) is 8.43. The molecule has 1 unspecified atom stereocenters. The lowest BCUT2D eigenvalue weighted by Gasteiger charge is -2.38. The van der Waals surface area contributed by atoms with Gasteiger partial charge in [-0.15, -0.1) is 11.8 Å². The minimum atomic E-state index is -0.439. The van der Waals surface area contributed by atoms with Gasteiger partial charge in [-0.2, -0.15) is 0 Å². The Morgan fingerprint density at radius 3 is 2.81 bits per heavy atom. The first-order chi connectivity index (χ1) is 15.1. The molecule has 2 aromatic rings. The second-order valence-corrected chi connectivity index (χ2v) is 9.28. The van der Waals surface area contributed by atoms with Crippen molar-refractivity contribution in [3.8, 4) is 11.5 Å². The number of benzene rings is 2. The van der Waals surface area contributed by atoms with Crippen molar-refractivity contribution >= 4 is 29.3 Å². The third-order valence-corrected chi connectivity index (χ3v) is 7.41. The summed E-state index contributed by atoms with van der Waals surface area (Å²) in [5, 5.41) is 5.55.